The quantitative estimate of drug-likeness (QED) is 0.849. The molecule has 0 spiro atoms. The highest BCUT2D eigenvalue weighted by atomic mass is 16.6. The van der Waals surface area contributed by atoms with Gasteiger partial charge in [-0.05, 0) is 56.5 Å². The van der Waals surface area contributed by atoms with E-state index in [1.807, 2.05) is 24.3 Å². The van der Waals surface area contributed by atoms with E-state index in [1.54, 1.807) is 49.9 Å². The van der Waals surface area contributed by atoms with E-state index >= 15 is 0 Å². The summed E-state index contributed by atoms with van der Waals surface area (Å²) < 4.78 is 5.35. The Kier molecular flexibility index (Phi) is 5.58. The number of fused-ring (bicyclic) bond motifs is 1. The fourth-order valence-electron chi connectivity index (χ4n) is 3.27. The topological polar surface area (TPSA) is 78.9 Å². The Morgan fingerprint density at radius 3 is 2.50 bits per heavy atom. The van der Waals surface area contributed by atoms with Gasteiger partial charge >= 0.3 is 6.09 Å². The van der Waals surface area contributed by atoms with E-state index in [4.69, 9.17) is 4.74 Å². The Morgan fingerprint density at radius 1 is 1.14 bits per heavy atom. The van der Waals surface area contributed by atoms with Gasteiger partial charge in [-0.1, -0.05) is 30.3 Å². The van der Waals surface area contributed by atoms with Crippen LogP contribution < -0.4 is 10.2 Å². The van der Waals surface area contributed by atoms with E-state index in [0.717, 1.165) is 23.2 Å². The smallest absolute Gasteiger partial charge is 0.408 e. The maximum absolute atomic E-state index is 13.3. The van der Waals surface area contributed by atoms with Crippen LogP contribution in [0.2, 0.25) is 0 Å². The summed E-state index contributed by atoms with van der Waals surface area (Å²) in [6, 6.07) is 13.6. The van der Waals surface area contributed by atoms with Gasteiger partial charge in [0.05, 0.1) is 0 Å². The number of ether oxygens (including phenoxy) is 1. The molecule has 2 aromatic carbocycles. The second-order valence-electron chi connectivity index (χ2n) is 7.94. The van der Waals surface area contributed by atoms with Crippen molar-refractivity contribution in [1.29, 1.82) is 0 Å². The van der Waals surface area contributed by atoms with E-state index in [-0.39, 0.29) is 11.7 Å². The first kappa shape index (κ1) is 19.7. The molecular weight excluding hydrogens is 356 g/mol. The summed E-state index contributed by atoms with van der Waals surface area (Å²) in [5, 5.41) is 12.2. The first-order valence-corrected chi connectivity index (χ1v) is 9.39. The zero-order chi connectivity index (χ0) is 20.3. The number of hydrogen-bond acceptors (Lipinski definition) is 4. The van der Waals surface area contributed by atoms with Gasteiger partial charge < -0.3 is 20.1 Å². The predicted octanol–water partition coefficient (Wildman–Crippen LogP) is 3.42. The number of nitrogens with zero attached hydrogens (tertiary/aromatic N) is 1. The van der Waals surface area contributed by atoms with Crippen molar-refractivity contribution in [2.75, 3.05) is 11.4 Å². The minimum atomic E-state index is -0.773. The largest absolute Gasteiger partial charge is 0.508 e. The lowest BCUT2D eigenvalue weighted by Gasteiger charge is -2.27. The number of phenolic OH excluding ortho intramolecular Hbond substituents is 1. The van der Waals surface area contributed by atoms with Crippen LogP contribution in [0.3, 0.4) is 0 Å². The molecule has 2 aromatic rings. The zero-order valence-electron chi connectivity index (χ0n) is 16.4. The first-order chi connectivity index (χ1) is 13.2. The van der Waals surface area contributed by atoms with Gasteiger partial charge in [-0.2, -0.15) is 0 Å². The molecule has 2 amide bonds. The minimum absolute atomic E-state index is 0.153. The minimum Gasteiger partial charge on any atom is -0.508 e. The zero-order valence-corrected chi connectivity index (χ0v) is 16.4. The molecule has 6 nitrogen and oxygen atoms in total. The highest BCUT2D eigenvalue weighted by Gasteiger charge is 2.32. The summed E-state index contributed by atoms with van der Waals surface area (Å²) in [7, 11) is 0. The number of amides is 2. The van der Waals surface area contributed by atoms with Crippen LogP contribution in [-0.2, 0) is 22.4 Å². The van der Waals surface area contributed by atoms with Crippen molar-refractivity contribution in [3.8, 4) is 5.75 Å². The summed E-state index contributed by atoms with van der Waals surface area (Å²) in [6.07, 6.45) is 0.467. The number of anilines is 1. The number of phenols is 1. The van der Waals surface area contributed by atoms with Crippen LogP contribution in [0.25, 0.3) is 0 Å². The van der Waals surface area contributed by atoms with E-state index < -0.39 is 17.7 Å². The van der Waals surface area contributed by atoms with Crippen LogP contribution in [0.1, 0.15) is 31.9 Å². The van der Waals surface area contributed by atoms with Crippen molar-refractivity contribution in [1.82, 2.24) is 5.32 Å². The van der Waals surface area contributed by atoms with Crippen LogP contribution in [0.15, 0.2) is 48.5 Å². The summed E-state index contributed by atoms with van der Waals surface area (Å²) in [5.41, 5.74) is 2.18. The summed E-state index contributed by atoms with van der Waals surface area (Å²) in [6.45, 7) is 5.92. The van der Waals surface area contributed by atoms with Crippen LogP contribution in [0.5, 0.6) is 5.75 Å². The molecule has 0 fully saturated rings. The third kappa shape index (κ3) is 4.82. The van der Waals surface area contributed by atoms with E-state index in [0.29, 0.717) is 13.0 Å². The van der Waals surface area contributed by atoms with Crippen molar-refractivity contribution >= 4 is 17.7 Å². The van der Waals surface area contributed by atoms with Crippen LogP contribution in [-0.4, -0.2) is 35.3 Å². The summed E-state index contributed by atoms with van der Waals surface area (Å²) in [5.74, 6) is -0.0240. The SMILES string of the molecule is CC(C)(C)OC(=O)N[C@@H](Cc1ccc(O)cc1)C(=O)N1CCc2ccccc21. The molecule has 0 unspecified atom stereocenters. The molecule has 1 heterocycles. The van der Waals surface area contributed by atoms with Crippen molar-refractivity contribution in [2.24, 2.45) is 0 Å². The third-order valence-corrected chi connectivity index (χ3v) is 4.52. The molecule has 1 aliphatic heterocycles. The molecule has 1 aliphatic rings. The monoisotopic (exact) mass is 382 g/mol. The summed E-state index contributed by atoms with van der Waals surface area (Å²) in [4.78, 5) is 27.3. The molecule has 6 heteroatoms. The number of hydrogen-bond donors (Lipinski definition) is 2. The number of para-hydroxylation sites is 1. The fraction of sp³-hybridized carbons (Fsp3) is 0.364. The highest BCUT2D eigenvalue weighted by Crippen LogP contribution is 2.28. The normalized spacial score (nSPS) is 14.3. The maximum Gasteiger partial charge on any atom is 0.408 e. The molecule has 0 aromatic heterocycles. The third-order valence-electron chi connectivity index (χ3n) is 4.52. The van der Waals surface area contributed by atoms with Crippen LogP contribution >= 0.6 is 0 Å². The molecule has 0 saturated heterocycles. The molecule has 0 saturated carbocycles. The van der Waals surface area contributed by atoms with Gasteiger partial charge in [-0.25, -0.2) is 4.79 Å². The Hall–Kier alpha value is -3.02. The summed E-state index contributed by atoms with van der Waals surface area (Å²) >= 11 is 0. The van der Waals surface area contributed by atoms with Gasteiger partial charge in [0.15, 0.2) is 0 Å². The number of carbonyl (C=O) groups excluding carboxylic acids is 2. The number of carbonyl (C=O) groups is 2. The molecule has 0 bridgehead atoms. The lowest BCUT2D eigenvalue weighted by atomic mass is 10.0. The number of aromatic hydroxyl groups is 1. The number of benzene rings is 2. The molecule has 148 valence electrons. The van der Waals surface area contributed by atoms with E-state index in [9.17, 15) is 14.7 Å². The van der Waals surface area contributed by atoms with Gasteiger partial charge in [-0.15, -0.1) is 0 Å². The van der Waals surface area contributed by atoms with Gasteiger partial charge in [0.1, 0.15) is 17.4 Å². The second kappa shape index (κ2) is 7.92. The van der Waals surface area contributed by atoms with Crippen molar-refractivity contribution in [3.63, 3.8) is 0 Å². The fourth-order valence-corrected chi connectivity index (χ4v) is 3.27. The number of nitrogens with one attached hydrogen (secondary N) is 1. The lowest BCUT2D eigenvalue weighted by Crippen LogP contribution is -2.50. The first-order valence-electron chi connectivity index (χ1n) is 9.39. The van der Waals surface area contributed by atoms with Gasteiger partial charge in [-0.3, -0.25) is 4.79 Å². The van der Waals surface area contributed by atoms with Crippen molar-refractivity contribution in [2.45, 2.75) is 45.3 Å². The average molecular weight is 382 g/mol. The maximum atomic E-state index is 13.3. The van der Waals surface area contributed by atoms with Gasteiger partial charge in [0.25, 0.3) is 0 Å². The number of rotatable bonds is 4. The van der Waals surface area contributed by atoms with E-state index in [2.05, 4.69) is 5.32 Å². The average Bonchev–Trinajstić information content (AvgIpc) is 3.05. The Bertz CT molecular complexity index is 856. The molecule has 1 atom stereocenters. The van der Waals surface area contributed by atoms with Crippen LogP contribution in [0.4, 0.5) is 10.5 Å². The Labute approximate surface area is 165 Å². The highest BCUT2D eigenvalue weighted by molar-refractivity contribution is 6.00. The molecule has 3 rings (SSSR count). The molecule has 0 radical (unpaired) electrons. The van der Waals surface area contributed by atoms with Gasteiger partial charge in [0, 0.05) is 18.7 Å². The van der Waals surface area contributed by atoms with Crippen molar-refractivity contribution in [3.05, 3.63) is 59.7 Å². The predicted molar refractivity (Wildman–Crippen MR) is 107 cm³/mol. The molecule has 0 aliphatic carbocycles. The van der Waals surface area contributed by atoms with Gasteiger partial charge in [0.2, 0.25) is 5.91 Å². The van der Waals surface area contributed by atoms with Crippen LogP contribution in [0, 0.1) is 0 Å². The Balaban J connectivity index is 1.81. The van der Waals surface area contributed by atoms with E-state index in [1.165, 1.54) is 0 Å². The standard InChI is InChI=1S/C22H26N2O4/c1-22(2,3)28-21(27)23-18(14-15-8-10-17(25)11-9-15)20(26)24-13-12-16-6-4-5-7-19(16)24/h4-11,18,25H,12-14H2,1-3H3,(H,23,27)/t18-/m0/s1. The van der Waals surface area contributed by atoms with Crippen molar-refractivity contribution < 1.29 is 19.4 Å². The molecular formula is C22H26N2O4. The lowest BCUT2D eigenvalue weighted by molar-refractivity contribution is -0.120. The molecule has 28 heavy (non-hydrogen) atoms. The molecule has 2 N–H and O–H groups in total. The second-order valence-corrected chi connectivity index (χ2v) is 7.94. The Morgan fingerprint density at radius 2 is 1.82 bits per heavy atom. The number of alkyl carbamates (subject to hydrolysis) is 1.